The number of likely N-dealkylation sites (tertiary alicyclic amines) is 1. The van der Waals surface area contributed by atoms with Gasteiger partial charge in [0.15, 0.2) is 0 Å². The van der Waals surface area contributed by atoms with Crippen LogP contribution in [0.3, 0.4) is 0 Å². The van der Waals surface area contributed by atoms with Crippen molar-refractivity contribution in [2.75, 3.05) is 7.05 Å². The van der Waals surface area contributed by atoms with Gasteiger partial charge in [0.2, 0.25) is 0 Å². The summed E-state index contributed by atoms with van der Waals surface area (Å²) in [6.07, 6.45) is 2.49. The van der Waals surface area contributed by atoms with Crippen molar-refractivity contribution in [1.82, 2.24) is 4.90 Å². The first-order valence-corrected chi connectivity index (χ1v) is 8.68. The molecule has 0 aromatic rings. The number of hydrogen-bond acceptors (Lipinski definition) is 4. The van der Waals surface area contributed by atoms with Crippen LogP contribution in [0.5, 0.6) is 0 Å². The molecule has 1 rings (SSSR count). The number of esters is 1. The number of hydrogen-bond donors (Lipinski definition) is 1. The summed E-state index contributed by atoms with van der Waals surface area (Å²) in [6.45, 7) is 12.4. The lowest BCUT2D eigenvalue weighted by Crippen LogP contribution is -2.66. The Kier molecular flexibility index (Phi) is 6.25. The number of carboxylic acid groups (broad SMARTS) is 1. The smallest absolute Gasteiger partial charge is 0.306 e. The number of carboxylic acids is 1. The van der Waals surface area contributed by atoms with Crippen LogP contribution >= 0.6 is 0 Å². The fourth-order valence-corrected chi connectivity index (χ4v) is 3.71. The number of ether oxygens (including phenoxy) is 1. The van der Waals surface area contributed by atoms with E-state index >= 15 is 0 Å². The van der Waals surface area contributed by atoms with E-state index in [9.17, 15) is 9.59 Å². The van der Waals surface area contributed by atoms with Crippen molar-refractivity contribution in [3.8, 4) is 0 Å². The fraction of sp³-hybridized carbons (Fsp3) is 0.889. The van der Waals surface area contributed by atoms with Crippen LogP contribution in [0.15, 0.2) is 0 Å². The van der Waals surface area contributed by atoms with Gasteiger partial charge in [-0.05, 0) is 33.7 Å². The molecule has 5 atom stereocenters. The molecule has 1 saturated heterocycles. The van der Waals surface area contributed by atoms with Crippen LogP contribution in [0.25, 0.3) is 0 Å². The van der Waals surface area contributed by atoms with Crippen LogP contribution in [-0.2, 0) is 14.3 Å². The summed E-state index contributed by atoms with van der Waals surface area (Å²) >= 11 is 0. The highest BCUT2D eigenvalue weighted by atomic mass is 16.5. The summed E-state index contributed by atoms with van der Waals surface area (Å²) < 4.78 is 5.74. The zero-order valence-electron chi connectivity index (χ0n) is 15.7. The predicted molar refractivity (Wildman–Crippen MR) is 90.2 cm³/mol. The molecule has 0 spiro atoms. The molecule has 23 heavy (non-hydrogen) atoms. The lowest BCUT2D eigenvalue weighted by atomic mass is 9.68. The van der Waals surface area contributed by atoms with Gasteiger partial charge in [-0.1, -0.05) is 27.7 Å². The largest absolute Gasteiger partial charge is 0.481 e. The van der Waals surface area contributed by atoms with Gasteiger partial charge in [-0.3, -0.25) is 14.5 Å². The summed E-state index contributed by atoms with van der Waals surface area (Å²) in [7, 11) is 2.16. The maximum Gasteiger partial charge on any atom is 0.306 e. The molecular weight excluding hydrogens is 294 g/mol. The molecule has 1 fully saturated rings. The standard InChI is InChI=1S/C18H33NO4/c1-8-17(5)11-14(13(4)18(6,9-2)19(17)7)23-15(20)10-12(3)16(21)22/h12-14H,8-11H2,1-7H3,(H,21,22). The molecule has 5 nitrogen and oxygen atoms in total. The second-order valence-corrected chi connectivity index (χ2v) is 7.58. The van der Waals surface area contributed by atoms with E-state index in [-0.39, 0.29) is 29.5 Å². The highest BCUT2D eigenvalue weighted by molar-refractivity contribution is 5.78. The van der Waals surface area contributed by atoms with Gasteiger partial charge in [-0.15, -0.1) is 0 Å². The highest BCUT2D eigenvalue weighted by Gasteiger charge is 2.52. The summed E-state index contributed by atoms with van der Waals surface area (Å²) in [4.78, 5) is 25.5. The molecule has 5 heteroatoms. The molecule has 0 saturated carbocycles. The Balaban J connectivity index is 2.93. The number of carbonyl (C=O) groups is 2. The monoisotopic (exact) mass is 327 g/mol. The molecule has 0 aromatic carbocycles. The van der Waals surface area contributed by atoms with E-state index in [1.165, 1.54) is 6.92 Å². The van der Waals surface area contributed by atoms with E-state index in [2.05, 4.69) is 46.6 Å². The van der Waals surface area contributed by atoms with Crippen LogP contribution in [0.2, 0.25) is 0 Å². The van der Waals surface area contributed by atoms with E-state index in [0.29, 0.717) is 0 Å². The average Bonchev–Trinajstić information content (AvgIpc) is 2.50. The molecule has 0 radical (unpaired) electrons. The van der Waals surface area contributed by atoms with Gasteiger partial charge in [0.1, 0.15) is 6.10 Å². The summed E-state index contributed by atoms with van der Waals surface area (Å²) in [5.74, 6) is -1.88. The van der Waals surface area contributed by atoms with Gasteiger partial charge in [0.25, 0.3) is 0 Å². The Labute approximate surface area is 140 Å². The third-order valence-corrected chi connectivity index (χ3v) is 6.41. The average molecular weight is 327 g/mol. The molecule has 0 bridgehead atoms. The quantitative estimate of drug-likeness (QED) is 0.758. The van der Waals surface area contributed by atoms with Crippen LogP contribution in [0, 0.1) is 11.8 Å². The Morgan fingerprint density at radius 1 is 1.30 bits per heavy atom. The van der Waals surface area contributed by atoms with Crippen molar-refractivity contribution in [1.29, 1.82) is 0 Å². The SMILES string of the molecule is CCC1(C)CC(OC(=O)CC(C)C(=O)O)C(C)C(C)(CC)N1C. The second kappa shape index (κ2) is 7.20. The first-order valence-electron chi connectivity index (χ1n) is 8.68. The van der Waals surface area contributed by atoms with Crippen LogP contribution in [-0.4, -0.2) is 46.2 Å². The molecule has 1 aliphatic rings. The van der Waals surface area contributed by atoms with E-state index in [0.717, 1.165) is 19.3 Å². The van der Waals surface area contributed by atoms with Gasteiger partial charge >= 0.3 is 11.9 Å². The molecule has 1 heterocycles. The molecule has 0 amide bonds. The molecule has 134 valence electrons. The van der Waals surface area contributed by atoms with Crippen molar-refractivity contribution in [2.24, 2.45) is 11.8 Å². The molecule has 5 unspecified atom stereocenters. The minimum Gasteiger partial charge on any atom is -0.481 e. The zero-order chi connectivity index (χ0) is 18.0. The number of nitrogens with zero attached hydrogens (tertiary/aromatic N) is 1. The normalized spacial score (nSPS) is 36.5. The van der Waals surface area contributed by atoms with E-state index in [4.69, 9.17) is 9.84 Å². The van der Waals surface area contributed by atoms with Crippen molar-refractivity contribution >= 4 is 11.9 Å². The zero-order valence-corrected chi connectivity index (χ0v) is 15.7. The van der Waals surface area contributed by atoms with E-state index < -0.39 is 17.9 Å². The molecule has 1 aliphatic heterocycles. The molecular formula is C18H33NO4. The first-order chi connectivity index (χ1) is 10.5. The summed E-state index contributed by atoms with van der Waals surface area (Å²) in [5, 5.41) is 8.95. The Morgan fingerprint density at radius 2 is 1.87 bits per heavy atom. The molecule has 0 aromatic heterocycles. The topological polar surface area (TPSA) is 66.8 Å². The third-order valence-electron chi connectivity index (χ3n) is 6.41. The number of rotatable bonds is 6. The Bertz CT molecular complexity index is 452. The number of carbonyl (C=O) groups excluding carboxylic acids is 1. The maximum absolute atomic E-state index is 12.2. The van der Waals surface area contributed by atoms with Crippen molar-refractivity contribution in [3.05, 3.63) is 0 Å². The van der Waals surface area contributed by atoms with Crippen LogP contribution in [0.1, 0.15) is 67.2 Å². The van der Waals surface area contributed by atoms with Gasteiger partial charge in [0, 0.05) is 23.4 Å². The Hall–Kier alpha value is -1.10. The molecule has 1 N–H and O–H groups in total. The van der Waals surface area contributed by atoms with Crippen LogP contribution < -0.4 is 0 Å². The van der Waals surface area contributed by atoms with Gasteiger partial charge in [-0.25, -0.2) is 0 Å². The summed E-state index contributed by atoms with van der Waals surface area (Å²) in [6, 6.07) is 0. The van der Waals surface area contributed by atoms with Gasteiger partial charge in [-0.2, -0.15) is 0 Å². The maximum atomic E-state index is 12.2. The second-order valence-electron chi connectivity index (χ2n) is 7.58. The van der Waals surface area contributed by atoms with Crippen molar-refractivity contribution in [3.63, 3.8) is 0 Å². The minimum absolute atomic E-state index is 0.0272. The highest BCUT2D eigenvalue weighted by Crippen LogP contribution is 2.45. The lowest BCUT2D eigenvalue weighted by molar-refractivity contribution is -0.175. The summed E-state index contributed by atoms with van der Waals surface area (Å²) in [5.41, 5.74) is -0.0764. The molecule has 0 aliphatic carbocycles. The fourth-order valence-electron chi connectivity index (χ4n) is 3.71. The van der Waals surface area contributed by atoms with Crippen LogP contribution in [0.4, 0.5) is 0 Å². The first kappa shape index (κ1) is 19.9. The van der Waals surface area contributed by atoms with Crippen molar-refractivity contribution in [2.45, 2.75) is 84.4 Å². The number of aliphatic carboxylic acids is 1. The lowest BCUT2D eigenvalue weighted by Gasteiger charge is -2.59. The minimum atomic E-state index is -0.963. The van der Waals surface area contributed by atoms with Gasteiger partial charge < -0.3 is 9.84 Å². The Morgan fingerprint density at radius 3 is 2.30 bits per heavy atom. The van der Waals surface area contributed by atoms with Crippen molar-refractivity contribution < 1.29 is 19.4 Å². The number of piperidine rings is 1. The van der Waals surface area contributed by atoms with Gasteiger partial charge in [0.05, 0.1) is 12.3 Å². The van der Waals surface area contributed by atoms with E-state index in [1.54, 1.807) is 0 Å². The third kappa shape index (κ3) is 3.87. The predicted octanol–water partition coefficient (Wildman–Crippen LogP) is 3.32. The van der Waals surface area contributed by atoms with E-state index in [1.807, 2.05) is 0 Å².